The predicted octanol–water partition coefficient (Wildman–Crippen LogP) is 1.65. The van der Waals surface area contributed by atoms with E-state index in [9.17, 15) is 4.79 Å². The van der Waals surface area contributed by atoms with Crippen LogP contribution in [0.2, 0.25) is 0 Å². The smallest absolute Gasteiger partial charge is 0.357 e. The van der Waals surface area contributed by atoms with Crippen molar-refractivity contribution in [3.05, 3.63) is 34.7 Å². The molecule has 0 amide bonds. The maximum Gasteiger partial charge on any atom is 0.357 e. The number of H-pyrrole nitrogens is 1. The Kier molecular flexibility index (Phi) is 2.68. The van der Waals surface area contributed by atoms with Crippen LogP contribution in [-0.2, 0) is 0 Å². The number of ether oxygens (including phenoxy) is 2. The first-order valence-electron chi connectivity index (χ1n) is 4.65. The summed E-state index contributed by atoms with van der Waals surface area (Å²) in [5, 5.41) is 2.53. The third kappa shape index (κ3) is 1.79. The molecule has 0 saturated carbocycles. The standard InChI is InChI=1S/C11H11NO4/c1-14-9-4-3-7(5-10(9)15-2)8-6-11(13)16-12-8/h3-6,12H,1-2H3. The average molecular weight is 221 g/mol. The molecule has 0 saturated heterocycles. The molecule has 1 N–H and O–H groups in total. The number of rotatable bonds is 3. The lowest BCUT2D eigenvalue weighted by Gasteiger charge is -2.08. The SMILES string of the molecule is COc1ccc(-c2cc(=O)o[nH]2)cc1OC. The largest absolute Gasteiger partial charge is 0.493 e. The number of hydrogen-bond donors (Lipinski definition) is 1. The molecule has 0 unspecified atom stereocenters. The van der Waals surface area contributed by atoms with Crippen LogP contribution in [0.3, 0.4) is 0 Å². The first-order valence-corrected chi connectivity index (χ1v) is 4.65. The Morgan fingerprint density at radius 3 is 2.44 bits per heavy atom. The highest BCUT2D eigenvalue weighted by Crippen LogP contribution is 2.31. The van der Waals surface area contributed by atoms with E-state index < -0.39 is 5.63 Å². The van der Waals surface area contributed by atoms with E-state index in [0.29, 0.717) is 17.2 Å². The zero-order valence-corrected chi connectivity index (χ0v) is 8.94. The van der Waals surface area contributed by atoms with E-state index in [-0.39, 0.29) is 0 Å². The topological polar surface area (TPSA) is 64.5 Å². The predicted molar refractivity (Wildman–Crippen MR) is 57.9 cm³/mol. The van der Waals surface area contributed by atoms with Gasteiger partial charge in [-0.05, 0) is 18.2 Å². The summed E-state index contributed by atoms with van der Waals surface area (Å²) in [7, 11) is 3.12. The summed E-state index contributed by atoms with van der Waals surface area (Å²) in [6.07, 6.45) is 0. The fourth-order valence-corrected chi connectivity index (χ4v) is 1.43. The van der Waals surface area contributed by atoms with E-state index in [1.807, 2.05) is 6.07 Å². The van der Waals surface area contributed by atoms with Crippen molar-refractivity contribution in [1.82, 2.24) is 5.16 Å². The van der Waals surface area contributed by atoms with Gasteiger partial charge in [0.2, 0.25) is 0 Å². The first-order chi connectivity index (χ1) is 7.74. The molecule has 0 aliphatic rings. The maximum absolute atomic E-state index is 10.9. The molecule has 0 bridgehead atoms. The highest BCUT2D eigenvalue weighted by Gasteiger charge is 2.07. The van der Waals surface area contributed by atoms with E-state index in [1.54, 1.807) is 26.4 Å². The molecule has 2 aromatic rings. The van der Waals surface area contributed by atoms with E-state index >= 15 is 0 Å². The fraction of sp³-hybridized carbons (Fsp3) is 0.182. The average Bonchev–Trinajstić information content (AvgIpc) is 2.75. The van der Waals surface area contributed by atoms with Crippen LogP contribution in [0.15, 0.2) is 33.6 Å². The van der Waals surface area contributed by atoms with E-state index in [4.69, 9.17) is 9.47 Å². The molecule has 1 aromatic heterocycles. The van der Waals surface area contributed by atoms with Crippen LogP contribution < -0.4 is 15.1 Å². The summed E-state index contributed by atoms with van der Waals surface area (Å²) >= 11 is 0. The molecule has 84 valence electrons. The second kappa shape index (κ2) is 4.14. The summed E-state index contributed by atoms with van der Waals surface area (Å²) in [5.74, 6) is 1.24. The Morgan fingerprint density at radius 1 is 1.12 bits per heavy atom. The van der Waals surface area contributed by atoms with Crippen LogP contribution in [0.5, 0.6) is 11.5 Å². The van der Waals surface area contributed by atoms with Crippen molar-refractivity contribution in [3.63, 3.8) is 0 Å². The first kappa shape index (κ1) is 10.4. The molecule has 0 aliphatic heterocycles. The summed E-state index contributed by atoms with van der Waals surface area (Å²) in [6, 6.07) is 6.71. The van der Waals surface area contributed by atoms with Gasteiger partial charge in [0.05, 0.1) is 26.0 Å². The Hall–Kier alpha value is -2.17. The van der Waals surface area contributed by atoms with Crippen molar-refractivity contribution in [3.8, 4) is 22.8 Å². The summed E-state index contributed by atoms with van der Waals surface area (Å²) in [5.41, 5.74) is 0.985. The van der Waals surface area contributed by atoms with Gasteiger partial charge >= 0.3 is 5.63 Å². The van der Waals surface area contributed by atoms with Crippen molar-refractivity contribution in [2.75, 3.05) is 14.2 Å². The van der Waals surface area contributed by atoms with Gasteiger partial charge in [0.15, 0.2) is 11.5 Å². The molecule has 0 radical (unpaired) electrons. The van der Waals surface area contributed by atoms with Crippen LogP contribution in [0, 0.1) is 0 Å². The monoisotopic (exact) mass is 221 g/mol. The third-order valence-corrected chi connectivity index (χ3v) is 2.22. The molecule has 1 heterocycles. The Morgan fingerprint density at radius 2 is 1.88 bits per heavy atom. The van der Waals surface area contributed by atoms with Crippen LogP contribution >= 0.6 is 0 Å². The second-order valence-corrected chi connectivity index (χ2v) is 3.15. The molecule has 0 atom stereocenters. The molecule has 16 heavy (non-hydrogen) atoms. The molecular weight excluding hydrogens is 210 g/mol. The third-order valence-electron chi connectivity index (χ3n) is 2.22. The van der Waals surface area contributed by atoms with Gasteiger partial charge in [-0.1, -0.05) is 0 Å². The fourth-order valence-electron chi connectivity index (χ4n) is 1.43. The highest BCUT2D eigenvalue weighted by molar-refractivity contribution is 5.63. The van der Waals surface area contributed by atoms with Gasteiger partial charge in [-0.2, -0.15) is 0 Å². The Labute approximate surface area is 91.6 Å². The van der Waals surface area contributed by atoms with Gasteiger partial charge in [-0.3, -0.25) is 0 Å². The quantitative estimate of drug-likeness (QED) is 0.855. The van der Waals surface area contributed by atoms with Crippen LogP contribution in [-0.4, -0.2) is 19.4 Å². The lowest BCUT2D eigenvalue weighted by Crippen LogP contribution is -1.91. The van der Waals surface area contributed by atoms with E-state index in [2.05, 4.69) is 9.68 Å². The molecule has 0 fully saturated rings. The maximum atomic E-state index is 10.9. The van der Waals surface area contributed by atoms with Crippen LogP contribution in [0.25, 0.3) is 11.3 Å². The zero-order chi connectivity index (χ0) is 11.5. The van der Waals surface area contributed by atoms with E-state index in [0.717, 1.165) is 5.56 Å². The highest BCUT2D eigenvalue weighted by atomic mass is 16.5. The number of aromatic nitrogens is 1. The van der Waals surface area contributed by atoms with Gasteiger partial charge in [0.25, 0.3) is 0 Å². The Balaban J connectivity index is 2.47. The van der Waals surface area contributed by atoms with Gasteiger partial charge < -0.3 is 14.0 Å². The molecule has 0 aliphatic carbocycles. The molecule has 1 aromatic carbocycles. The number of hydrogen-bond acceptors (Lipinski definition) is 4. The summed E-state index contributed by atoms with van der Waals surface area (Å²) in [4.78, 5) is 10.9. The Bertz CT molecular complexity index is 541. The van der Waals surface area contributed by atoms with Gasteiger partial charge in [-0.25, -0.2) is 9.95 Å². The summed E-state index contributed by atoms with van der Waals surface area (Å²) in [6.45, 7) is 0. The van der Waals surface area contributed by atoms with Gasteiger partial charge in [0.1, 0.15) is 0 Å². The van der Waals surface area contributed by atoms with Crippen molar-refractivity contribution >= 4 is 0 Å². The van der Waals surface area contributed by atoms with Crippen molar-refractivity contribution < 1.29 is 14.0 Å². The van der Waals surface area contributed by atoms with Crippen LogP contribution in [0.4, 0.5) is 0 Å². The number of nitrogens with one attached hydrogen (secondary N) is 1. The number of benzene rings is 1. The van der Waals surface area contributed by atoms with Crippen LogP contribution in [0.1, 0.15) is 0 Å². The minimum absolute atomic E-state index is 0.412. The number of aromatic amines is 1. The van der Waals surface area contributed by atoms with Crippen molar-refractivity contribution in [1.29, 1.82) is 0 Å². The van der Waals surface area contributed by atoms with Crippen molar-refractivity contribution in [2.45, 2.75) is 0 Å². The molecule has 5 heteroatoms. The minimum atomic E-state index is -0.412. The minimum Gasteiger partial charge on any atom is -0.493 e. The van der Waals surface area contributed by atoms with Gasteiger partial charge in [0, 0.05) is 5.56 Å². The molecule has 2 rings (SSSR count). The van der Waals surface area contributed by atoms with E-state index in [1.165, 1.54) is 6.07 Å². The number of methoxy groups -OCH3 is 2. The molecule has 5 nitrogen and oxygen atoms in total. The molecular formula is C11H11NO4. The second-order valence-electron chi connectivity index (χ2n) is 3.15. The van der Waals surface area contributed by atoms with Gasteiger partial charge in [-0.15, -0.1) is 0 Å². The molecule has 0 spiro atoms. The lowest BCUT2D eigenvalue weighted by molar-refractivity contribution is 0.355. The summed E-state index contributed by atoms with van der Waals surface area (Å²) < 4.78 is 14.9. The normalized spacial score (nSPS) is 10.1. The lowest BCUT2D eigenvalue weighted by atomic mass is 10.1. The zero-order valence-electron chi connectivity index (χ0n) is 8.94. The van der Waals surface area contributed by atoms with Crippen molar-refractivity contribution in [2.24, 2.45) is 0 Å².